The highest BCUT2D eigenvalue weighted by molar-refractivity contribution is 5.72. The molecule has 0 saturated carbocycles. The smallest absolute Gasteiger partial charge is 0.309 e. The van der Waals surface area contributed by atoms with Crippen molar-refractivity contribution < 1.29 is 14.6 Å². The van der Waals surface area contributed by atoms with Crippen molar-refractivity contribution in [3.8, 4) is 0 Å². The fourth-order valence-electron chi connectivity index (χ4n) is 2.15. The van der Waals surface area contributed by atoms with E-state index < -0.39 is 5.60 Å². The Morgan fingerprint density at radius 2 is 2.31 bits per heavy atom. The first-order valence-corrected chi connectivity index (χ1v) is 6.01. The van der Waals surface area contributed by atoms with E-state index in [-0.39, 0.29) is 11.9 Å². The van der Waals surface area contributed by atoms with Crippen LogP contribution < -0.4 is 0 Å². The van der Waals surface area contributed by atoms with Crippen LogP contribution in [-0.2, 0) is 9.53 Å². The van der Waals surface area contributed by atoms with Crippen molar-refractivity contribution in [2.45, 2.75) is 38.7 Å². The summed E-state index contributed by atoms with van der Waals surface area (Å²) in [5.41, 5.74) is -0.655. The van der Waals surface area contributed by atoms with E-state index in [0.717, 1.165) is 25.8 Å². The highest BCUT2D eigenvalue weighted by Gasteiger charge is 2.30. The van der Waals surface area contributed by atoms with E-state index in [4.69, 9.17) is 4.74 Å². The van der Waals surface area contributed by atoms with Crippen LogP contribution in [0.15, 0.2) is 0 Å². The molecule has 16 heavy (non-hydrogen) atoms. The van der Waals surface area contributed by atoms with Crippen LogP contribution in [0.5, 0.6) is 0 Å². The molecule has 0 spiro atoms. The van der Waals surface area contributed by atoms with Crippen LogP contribution >= 0.6 is 0 Å². The first kappa shape index (κ1) is 13.5. The molecule has 4 nitrogen and oxygen atoms in total. The second-order valence-electron chi connectivity index (χ2n) is 4.95. The molecule has 2 atom stereocenters. The molecular weight excluding hydrogens is 206 g/mol. The third-order valence-corrected chi connectivity index (χ3v) is 3.37. The second-order valence-corrected chi connectivity index (χ2v) is 4.95. The van der Waals surface area contributed by atoms with Gasteiger partial charge in [0, 0.05) is 13.1 Å². The second kappa shape index (κ2) is 5.64. The number of ether oxygens (including phenoxy) is 1. The standard InChI is InChI=1S/C12H23NO3/c1-4-12(2,15)9-13-7-5-6-10(8-13)11(14)16-3/h10,15H,4-9H2,1-3H3. The predicted molar refractivity (Wildman–Crippen MR) is 62.1 cm³/mol. The maximum Gasteiger partial charge on any atom is 0.309 e. The van der Waals surface area contributed by atoms with Gasteiger partial charge in [0.15, 0.2) is 0 Å². The normalized spacial score (nSPS) is 26.1. The first-order chi connectivity index (χ1) is 7.48. The molecule has 94 valence electrons. The maximum atomic E-state index is 11.4. The summed E-state index contributed by atoms with van der Waals surface area (Å²) in [6, 6.07) is 0. The molecule has 0 aliphatic carbocycles. The molecule has 1 saturated heterocycles. The van der Waals surface area contributed by atoms with Gasteiger partial charge in [-0.3, -0.25) is 9.69 Å². The monoisotopic (exact) mass is 229 g/mol. The van der Waals surface area contributed by atoms with Gasteiger partial charge in [0.25, 0.3) is 0 Å². The molecule has 2 unspecified atom stereocenters. The summed E-state index contributed by atoms with van der Waals surface area (Å²) in [5.74, 6) is -0.146. The molecule has 1 heterocycles. The summed E-state index contributed by atoms with van der Waals surface area (Å²) in [4.78, 5) is 13.6. The number of carbonyl (C=O) groups excluding carboxylic acids is 1. The third kappa shape index (κ3) is 3.76. The van der Waals surface area contributed by atoms with Crippen LogP contribution in [0.4, 0.5) is 0 Å². The van der Waals surface area contributed by atoms with Crippen LogP contribution in [0.1, 0.15) is 33.1 Å². The van der Waals surface area contributed by atoms with E-state index in [1.807, 2.05) is 13.8 Å². The van der Waals surface area contributed by atoms with Crippen LogP contribution in [-0.4, -0.2) is 48.3 Å². The Morgan fingerprint density at radius 3 is 2.88 bits per heavy atom. The number of esters is 1. The third-order valence-electron chi connectivity index (χ3n) is 3.37. The Bertz CT molecular complexity index is 240. The van der Waals surface area contributed by atoms with E-state index >= 15 is 0 Å². The topological polar surface area (TPSA) is 49.8 Å². The van der Waals surface area contributed by atoms with Crippen molar-refractivity contribution in [3.05, 3.63) is 0 Å². The molecule has 0 radical (unpaired) electrons. The molecule has 0 aromatic carbocycles. The SMILES string of the molecule is CCC(C)(O)CN1CCCC(C(=O)OC)C1. The molecule has 0 aromatic rings. The fourth-order valence-corrected chi connectivity index (χ4v) is 2.15. The number of nitrogens with zero attached hydrogens (tertiary/aromatic N) is 1. The summed E-state index contributed by atoms with van der Waals surface area (Å²) in [6.07, 6.45) is 2.63. The van der Waals surface area contributed by atoms with E-state index in [0.29, 0.717) is 13.1 Å². The van der Waals surface area contributed by atoms with Gasteiger partial charge in [-0.05, 0) is 32.7 Å². The summed E-state index contributed by atoms with van der Waals surface area (Å²) in [7, 11) is 1.43. The van der Waals surface area contributed by atoms with Gasteiger partial charge < -0.3 is 9.84 Å². The Labute approximate surface area is 97.6 Å². The lowest BCUT2D eigenvalue weighted by molar-refractivity contribution is -0.147. The molecule has 1 aliphatic rings. The number of hydrogen-bond donors (Lipinski definition) is 1. The molecular formula is C12H23NO3. The van der Waals surface area contributed by atoms with E-state index in [9.17, 15) is 9.90 Å². The zero-order valence-electron chi connectivity index (χ0n) is 10.5. The van der Waals surface area contributed by atoms with Crippen molar-refractivity contribution in [1.82, 2.24) is 4.90 Å². The zero-order chi connectivity index (χ0) is 12.2. The number of carbonyl (C=O) groups is 1. The van der Waals surface area contributed by atoms with Crippen LogP contribution in [0.25, 0.3) is 0 Å². The summed E-state index contributed by atoms with van der Waals surface area (Å²) < 4.78 is 4.77. The number of methoxy groups -OCH3 is 1. The Hall–Kier alpha value is -0.610. The Morgan fingerprint density at radius 1 is 1.62 bits per heavy atom. The van der Waals surface area contributed by atoms with E-state index in [1.54, 1.807) is 0 Å². The molecule has 4 heteroatoms. The van der Waals surface area contributed by atoms with Crippen molar-refractivity contribution in [3.63, 3.8) is 0 Å². The molecule has 1 aliphatic heterocycles. The largest absolute Gasteiger partial charge is 0.469 e. The lowest BCUT2D eigenvalue weighted by Crippen LogP contribution is -2.46. The molecule has 1 rings (SSSR count). The average Bonchev–Trinajstić information content (AvgIpc) is 2.28. The van der Waals surface area contributed by atoms with Gasteiger partial charge in [0.05, 0.1) is 18.6 Å². The number of likely N-dealkylation sites (tertiary alicyclic amines) is 1. The summed E-state index contributed by atoms with van der Waals surface area (Å²) >= 11 is 0. The van der Waals surface area contributed by atoms with Crippen LogP contribution in [0.2, 0.25) is 0 Å². The molecule has 0 amide bonds. The number of rotatable bonds is 4. The minimum Gasteiger partial charge on any atom is -0.469 e. The van der Waals surface area contributed by atoms with Gasteiger partial charge in [0.2, 0.25) is 0 Å². The van der Waals surface area contributed by atoms with Crippen molar-refractivity contribution in [1.29, 1.82) is 0 Å². The molecule has 0 aromatic heterocycles. The van der Waals surface area contributed by atoms with E-state index in [2.05, 4.69) is 4.90 Å². The number of hydrogen-bond acceptors (Lipinski definition) is 4. The van der Waals surface area contributed by atoms with Crippen molar-refractivity contribution in [2.75, 3.05) is 26.7 Å². The highest BCUT2D eigenvalue weighted by atomic mass is 16.5. The van der Waals surface area contributed by atoms with Gasteiger partial charge in [-0.15, -0.1) is 0 Å². The minimum atomic E-state index is -0.655. The molecule has 0 bridgehead atoms. The summed E-state index contributed by atoms with van der Waals surface area (Å²) in [6.45, 7) is 6.12. The number of β-amino-alcohol motifs (C(OH)–C–C–N with tert-alkyl or cyclic N) is 1. The van der Waals surface area contributed by atoms with Gasteiger partial charge >= 0.3 is 5.97 Å². The number of aliphatic hydroxyl groups is 1. The molecule has 1 fully saturated rings. The van der Waals surface area contributed by atoms with Crippen molar-refractivity contribution in [2.24, 2.45) is 5.92 Å². The van der Waals surface area contributed by atoms with Gasteiger partial charge in [0.1, 0.15) is 0 Å². The molecule has 1 N–H and O–H groups in total. The Kier molecular flexibility index (Phi) is 4.74. The Balaban J connectivity index is 2.48. The highest BCUT2D eigenvalue weighted by Crippen LogP contribution is 2.20. The van der Waals surface area contributed by atoms with Crippen molar-refractivity contribution >= 4 is 5.97 Å². The van der Waals surface area contributed by atoms with E-state index in [1.165, 1.54) is 7.11 Å². The van der Waals surface area contributed by atoms with Crippen LogP contribution in [0.3, 0.4) is 0 Å². The van der Waals surface area contributed by atoms with Crippen LogP contribution in [0, 0.1) is 5.92 Å². The fraction of sp³-hybridized carbons (Fsp3) is 0.917. The lowest BCUT2D eigenvalue weighted by atomic mass is 9.95. The quantitative estimate of drug-likeness (QED) is 0.732. The zero-order valence-corrected chi connectivity index (χ0v) is 10.5. The minimum absolute atomic E-state index is 0.0218. The summed E-state index contributed by atoms with van der Waals surface area (Å²) in [5, 5.41) is 10.00. The average molecular weight is 229 g/mol. The first-order valence-electron chi connectivity index (χ1n) is 6.01. The number of piperidine rings is 1. The van der Waals surface area contributed by atoms with Gasteiger partial charge in [-0.2, -0.15) is 0 Å². The van der Waals surface area contributed by atoms with Gasteiger partial charge in [-0.1, -0.05) is 6.92 Å². The lowest BCUT2D eigenvalue weighted by Gasteiger charge is -2.35. The predicted octanol–water partition coefficient (Wildman–Crippen LogP) is 1.03. The van der Waals surface area contributed by atoms with Gasteiger partial charge in [-0.25, -0.2) is 0 Å². The maximum absolute atomic E-state index is 11.4.